The Morgan fingerprint density at radius 1 is 0.730 bits per heavy atom. The van der Waals surface area contributed by atoms with Gasteiger partial charge < -0.3 is 25.5 Å². The summed E-state index contributed by atoms with van der Waals surface area (Å²) in [7, 11) is 0. The minimum atomic E-state index is -1.42. The van der Waals surface area contributed by atoms with Gasteiger partial charge in [0.1, 0.15) is 6.10 Å². The fourth-order valence-corrected chi connectivity index (χ4v) is 9.16. The zero-order valence-electron chi connectivity index (χ0n) is 35.9. The number of benzene rings is 4. The molecule has 63 heavy (non-hydrogen) atoms. The Hall–Kier alpha value is -6.92. The summed E-state index contributed by atoms with van der Waals surface area (Å²) in [6, 6.07) is 32.0. The van der Waals surface area contributed by atoms with Gasteiger partial charge in [-0.2, -0.15) is 0 Å². The van der Waals surface area contributed by atoms with Crippen LogP contribution in [0.15, 0.2) is 216 Å². The maximum Gasteiger partial charge on any atom is 0.199 e. The van der Waals surface area contributed by atoms with Crippen LogP contribution in [0, 0.1) is 5.92 Å². The lowest BCUT2D eigenvalue weighted by molar-refractivity contribution is 0.150. The molecule has 5 N–H and O–H groups in total. The highest BCUT2D eigenvalue weighted by molar-refractivity contribution is 5.92. The average molecular weight is 831 g/mol. The Bertz CT molecular complexity index is 2910. The first kappa shape index (κ1) is 42.8. The first-order chi connectivity index (χ1) is 30.6. The van der Waals surface area contributed by atoms with Crippen molar-refractivity contribution in [1.82, 2.24) is 0 Å². The molecule has 0 amide bonds. The zero-order chi connectivity index (χ0) is 44.0. The molecule has 0 spiro atoms. The first-order valence-corrected chi connectivity index (χ1v) is 21.8. The summed E-state index contributed by atoms with van der Waals surface area (Å²) in [5.41, 5.74) is 15.1. The van der Waals surface area contributed by atoms with Crippen LogP contribution in [0.2, 0.25) is 0 Å². The fraction of sp³-hybridized carbons (Fsp3) is 0.172. The molecule has 4 aromatic rings. The first-order valence-electron chi connectivity index (χ1n) is 21.8. The highest BCUT2D eigenvalue weighted by atomic mass is 16.4. The monoisotopic (exact) mass is 830 g/mol. The quantitative estimate of drug-likeness (QED) is 0.0854. The molecule has 4 aromatic carbocycles. The summed E-state index contributed by atoms with van der Waals surface area (Å²) in [6.45, 7) is 7.62. The molecule has 0 saturated carbocycles. The van der Waals surface area contributed by atoms with E-state index in [1.165, 1.54) is 29.2 Å². The van der Waals surface area contributed by atoms with Crippen LogP contribution in [0.5, 0.6) is 0 Å². The Labute approximate surface area is 370 Å². The van der Waals surface area contributed by atoms with E-state index in [1.807, 2.05) is 42.5 Å². The van der Waals surface area contributed by atoms with Crippen molar-refractivity contribution in [3.05, 3.63) is 243 Å². The highest BCUT2D eigenvalue weighted by Gasteiger charge is 2.27. The molecule has 0 aliphatic heterocycles. The van der Waals surface area contributed by atoms with Crippen LogP contribution in [0.1, 0.15) is 49.8 Å². The van der Waals surface area contributed by atoms with Gasteiger partial charge in [-0.05, 0) is 133 Å². The normalized spacial score (nSPS) is 20.3. The smallest absolute Gasteiger partial charge is 0.199 e. The molecular formula is C58H54O5. The van der Waals surface area contributed by atoms with Crippen molar-refractivity contribution in [3.63, 3.8) is 0 Å². The van der Waals surface area contributed by atoms with Crippen LogP contribution in [-0.4, -0.2) is 38.2 Å². The Kier molecular flexibility index (Phi) is 12.9. The van der Waals surface area contributed by atoms with E-state index in [-0.39, 0.29) is 5.57 Å². The van der Waals surface area contributed by atoms with E-state index >= 15 is 0 Å². The summed E-state index contributed by atoms with van der Waals surface area (Å²) in [4.78, 5) is 0. The third-order valence-electron chi connectivity index (χ3n) is 12.4. The molecule has 0 aromatic heterocycles. The highest BCUT2D eigenvalue weighted by Crippen LogP contribution is 2.39. The number of allylic oxidation sites excluding steroid dienone is 17. The molecular weight excluding hydrogens is 777 g/mol. The van der Waals surface area contributed by atoms with Gasteiger partial charge in [-0.25, -0.2) is 0 Å². The number of hydrogen-bond donors (Lipinski definition) is 5. The molecule has 2 atom stereocenters. The van der Waals surface area contributed by atoms with Crippen molar-refractivity contribution < 1.29 is 25.5 Å². The molecule has 4 aliphatic carbocycles. The van der Waals surface area contributed by atoms with Crippen molar-refractivity contribution >= 4 is 16.7 Å². The molecule has 8 rings (SSSR count). The van der Waals surface area contributed by atoms with Gasteiger partial charge in [0, 0.05) is 5.57 Å². The summed E-state index contributed by atoms with van der Waals surface area (Å²) < 4.78 is 0. The third kappa shape index (κ3) is 8.90. The van der Waals surface area contributed by atoms with Gasteiger partial charge in [0.15, 0.2) is 17.3 Å². The van der Waals surface area contributed by atoms with Crippen LogP contribution in [0.25, 0.3) is 39.0 Å². The predicted octanol–water partition coefficient (Wildman–Crippen LogP) is 11.4. The fourth-order valence-electron chi connectivity index (χ4n) is 9.16. The van der Waals surface area contributed by atoms with Gasteiger partial charge in [-0.3, -0.25) is 0 Å². The van der Waals surface area contributed by atoms with Gasteiger partial charge in [-0.15, -0.1) is 0 Å². The van der Waals surface area contributed by atoms with Gasteiger partial charge in [0.2, 0.25) is 0 Å². The second kappa shape index (κ2) is 19.0. The topological polar surface area (TPSA) is 101 Å². The molecule has 4 aliphatic rings. The van der Waals surface area contributed by atoms with E-state index in [4.69, 9.17) is 6.58 Å². The van der Waals surface area contributed by atoms with Crippen LogP contribution < -0.4 is 10.4 Å². The zero-order valence-corrected chi connectivity index (χ0v) is 35.9. The van der Waals surface area contributed by atoms with E-state index < -0.39 is 30.0 Å². The Morgan fingerprint density at radius 2 is 1.41 bits per heavy atom. The number of aliphatic hydroxyl groups is 5. The molecule has 2 unspecified atom stereocenters. The van der Waals surface area contributed by atoms with Gasteiger partial charge in [0.25, 0.3) is 0 Å². The third-order valence-corrected chi connectivity index (χ3v) is 12.4. The van der Waals surface area contributed by atoms with Crippen molar-refractivity contribution in [1.29, 1.82) is 0 Å². The molecule has 5 heteroatoms. The average Bonchev–Trinajstić information content (AvgIpc) is 3.56. The van der Waals surface area contributed by atoms with Crippen LogP contribution in [-0.2, 0) is 12.8 Å². The van der Waals surface area contributed by atoms with Crippen molar-refractivity contribution in [2.24, 2.45) is 5.92 Å². The van der Waals surface area contributed by atoms with Crippen molar-refractivity contribution in [2.45, 2.75) is 52.1 Å². The second-order valence-corrected chi connectivity index (χ2v) is 16.6. The number of aliphatic hydroxyl groups excluding tert-OH is 5. The maximum absolute atomic E-state index is 11.3. The van der Waals surface area contributed by atoms with E-state index in [2.05, 4.69) is 128 Å². The second-order valence-electron chi connectivity index (χ2n) is 16.6. The van der Waals surface area contributed by atoms with E-state index in [0.717, 1.165) is 86.2 Å². The summed E-state index contributed by atoms with van der Waals surface area (Å²) in [6.07, 6.45) is 28.3. The summed E-state index contributed by atoms with van der Waals surface area (Å²) >= 11 is 0. The molecule has 0 heterocycles. The van der Waals surface area contributed by atoms with Gasteiger partial charge >= 0.3 is 0 Å². The van der Waals surface area contributed by atoms with Crippen molar-refractivity contribution in [3.8, 4) is 22.3 Å². The number of hydrogen-bond acceptors (Lipinski definition) is 5. The van der Waals surface area contributed by atoms with Crippen LogP contribution in [0.3, 0.4) is 0 Å². The molecule has 2 bridgehead atoms. The largest absolute Gasteiger partial charge is 0.506 e. The predicted molar refractivity (Wildman–Crippen MR) is 259 cm³/mol. The standard InChI is InChI=1S/C58H54O5/c1-37-16-5-4-6-23-50-44(34-37)21-15-27-49(50)42-31-29-41(30-32-42)48-24-12-11-22-47(48)38(2)40-17-7-8-18-43(33-28-40)54-45-19-9-10-20-46(35-45)55(52-26-14-13-25-51(52)54)53(36-59)57(62)58(63)56(61)39(3)60/h4-6,9-22,24-33,37,39,59-63H,2,7-8,23,34-36H2,1,3H3/b6-4-,16-5-,33-28?,40-17?,43-18-,57-53-,58-56-. The van der Waals surface area contributed by atoms with Crippen LogP contribution in [0.4, 0.5) is 0 Å². The van der Waals surface area contributed by atoms with Crippen LogP contribution >= 0.6 is 0 Å². The van der Waals surface area contributed by atoms with Gasteiger partial charge in [0.05, 0.1) is 6.61 Å². The lowest BCUT2D eigenvalue weighted by Crippen LogP contribution is -2.30. The van der Waals surface area contributed by atoms with E-state index in [9.17, 15) is 25.5 Å². The summed E-state index contributed by atoms with van der Waals surface area (Å²) in [5, 5.41) is 54.9. The Balaban J connectivity index is 1.16. The lowest BCUT2D eigenvalue weighted by atomic mass is 9.86. The van der Waals surface area contributed by atoms with E-state index in [1.54, 1.807) is 0 Å². The van der Waals surface area contributed by atoms with Crippen molar-refractivity contribution in [2.75, 3.05) is 6.61 Å². The Morgan fingerprint density at radius 3 is 2.17 bits per heavy atom. The minimum Gasteiger partial charge on any atom is -0.506 e. The molecule has 0 radical (unpaired) electrons. The molecule has 0 fully saturated rings. The maximum atomic E-state index is 11.3. The number of fused-ring (bicyclic) bond motifs is 4. The minimum absolute atomic E-state index is 0.0382. The molecule has 316 valence electrons. The molecule has 5 nitrogen and oxygen atoms in total. The SMILES string of the molecule is C=C(C1=CCC/C=C(\C2=c3ccccc3=C(/C(CO)=C(O)/C(O)=C(/O)C(C)O)C3=CC=CC=C2C3)C=C1)c1ccccc1-c1ccc(-c2cccc3c2C/C=C\C=C/C(C)C3)cc1. The number of rotatable bonds is 9. The lowest BCUT2D eigenvalue weighted by Gasteiger charge is -2.18. The molecule has 0 saturated heterocycles. The summed E-state index contributed by atoms with van der Waals surface area (Å²) in [5.74, 6) is -1.89. The van der Waals surface area contributed by atoms with Gasteiger partial charge in [-0.1, -0.05) is 177 Å². The van der Waals surface area contributed by atoms with E-state index in [0.29, 0.717) is 17.9 Å².